The molecule has 1 aliphatic heterocycles. The lowest BCUT2D eigenvalue weighted by molar-refractivity contribution is 0.439. The van der Waals surface area contributed by atoms with Gasteiger partial charge in [-0.3, -0.25) is 9.78 Å². The van der Waals surface area contributed by atoms with Gasteiger partial charge in [-0.2, -0.15) is 0 Å². The highest BCUT2D eigenvalue weighted by molar-refractivity contribution is 5.21. The van der Waals surface area contributed by atoms with Gasteiger partial charge in [0.2, 0.25) is 5.95 Å². The highest BCUT2D eigenvalue weighted by atomic mass is 16.1. The summed E-state index contributed by atoms with van der Waals surface area (Å²) < 4.78 is 0. The highest BCUT2D eigenvalue weighted by Gasteiger charge is 2.20. The van der Waals surface area contributed by atoms with E-state index in [2.05, 4.69) is 15.3 Å². The van der Waals surface area contributed by atoms with E-state index in [1.807, 2.05) is 0 Å². The van der Waals surface area contributed by atoms with Crippen molar-refractivity contribution < 1.29 is 0 Å². The van der Waals surface area contributed by atoms with Crippen LogP contribution in [0.15, 0.2) is 10.9 Å². The van der Waals surface area contributed by atoms with E-state index in [-0.39, 0.29) is 11.5 Å². The third-order valence-corrected chi connectivity index (χ3v) is 1.98. The molecule has 5 nitrogen and oxygen atoms in total. The summed E-state index contributed by atoms with van der Waals surface area (Å²) in [5.74, 6) is 0.555. The molecule has 0 amide bonds. The van der Waals surface area contributed by atoms with Gasteiger partial charge in [-0.15, -0.1) is 0 Å². The molecule has 5 heteroatoms. The number of nitrogens with two attached hydrogens (primary N) is 1. The van der Waals surface area contributed by atoms with Crippen LogP contribution in [-0.2, 0) is 0 Å². The molecule has 1 aliphatic rings. The molecule has 64 valence electrons. The van der Waals surface area contributed by atoms with E-state index < -0.39 is 0 Å². The Bertz CT molecular complexity index is 342. The fraction of sp³-hybridized carbons (Fsp3) is 0.429. The van der Waals surface area contributed by atoms with Crippen LogP contribution in [0.4, 0.5) is 5.95 Å². The standard InChI is InChI=1S/C7H10N4O/c8-7-10-5(1-6(12)11-7)4-2-9-3-4/h1,4,9H,2-3H2,(H3,8,10,11,12). The molecule has 0 bridgehead atoms. The number of nitrogen functional groups attached to an aromatic ring is 1. The molecular weight excluding hydrogens is 156 g/mol. The molecule has 12 heavy (non-hydrogen) atoms. The molecule has 0 aromatic carbocycles. The second-order valence-corrected chi connectivity index (χ2v) is 2.91. The van der Waals surface area contributed by atoms with Crippen molar-refractivity contribution in [2.24, 2.45) is 0 Å². The van der Waals surface area contributed by atoms with E-state index in [1.54, 1.807) is 0 Å². The van der Waals surface area contributed by atoms with Crippen molar-refractivity contribution in [2.45, 2.75) is 5.92 Å². The van der Waals surface area contributed by atoms with Crippen molar-refractivity contribution in [1.82, 2.24) is 15.3 Å². The van der Waals surface area contributed by atoms with Crippen LogP contribution >= 0.6 is 0 Å². The Balaban J connectivity index is 2.36. The quantitative estimate of drug-likeness (QED) is 0.501. The van der Waals surface area contributed by atoms with Crippen LogP contribution in [0.1, 0.15) is 11.6 Å². The molecular formula is C7H10N4O. The van der Waals surface area contributed by atoms with Crippen molar-refractivity contribution in [2.75, 3.05) is 18.8 Å². The Morgan fingerprint density at radius 1 is 1.58 bits per heavy atom. The molecule has 0 spiro atoms. The SMILES string of the molecule is Nc1nc(C2CNC2)cc(=O)[nH]1. The molecule has 1 aromatic rings. The lowest BCUT2D eigenvalue weighted by atomic mass is 9.99. The maximum Gasteiger partial charge on any atom is 0.252 e. The summed E-state index contributed by atoms with van der Waals surface area (Å²) in [6.45, 7) is 1.77. The fourth-order valence-corrected chi connectivity index (χ4v) is 1.20. The van der Waals surface area contributed by atoms with Gasteiger partial charge in [0.1, 0.15) is 0 Å². The average molecular weight is 166 g/mol. The maximum absolute atomic E-state index is 11.0. The summed E-state index contributed by atoms with van der Waals surface area (Å²) in [4.78, 5) is 17.4. The third-order valence-electron chi connectivity index (χ3n) is 1.98. The van der Waals surface area contributed by atoms with E-state index in [9.17, 15) is 4.79 Å². The zero-order chi connectivity index (χ0) is 8.55. The van der Waals surface area contributed by atoms with Crippen LogP contribution in [0.5, 0.6) is 0 Å². The number of H-pyrrole nitrogens is 1. The van der Waals surface area contributed by atoms with Gasteiger partial charge in [-0.05, 0) is 0 Å². The van der Waals surface area contributed by atoms with Crippen LogP contribution in [-0.4, -0.2) is 23.1 Å². The number of hydrogen-bond donors (Lipinski definition) is 3. The van der Waals surface area contributed by atoms with Crippen molar-refractivity contribution in [1.29, 1.82) is 0 Å². The molecule has 1 aromatic heterocycles. The topological polar surface area (TPSA) is 83.8 Å². The van der Waals surface area contributed by atoms with Crippen molar-refractivity contribution >= 4 is 5.95 Å². The molecule has 0 aliphatic carbocycles. The Hall–Kier alpha value is -1.36. The second kappa shape index (κ2) is 2.60. The predicted octanol–water partition coefficient (Wildman–Crippen LogP) is -0.961. The number of hydrogen-bond acceptors (Lipinski definition) is 4. The molecule has 0 radical (unpaired) electrons. The van der Waals surface area contributed by atoms with Gasteiger partial charge in [0.15, 0.2) is 0 Å². The first-order chi connectivity index (χ1) is 5.75. The minimum Gasteiger partial charge on any atom is -0.369 e. The van der Waals surface area contributed by atoms with Gasteiger partial charge in [-0.25, -0.2) is 4.98 Å². The van der Waals surface area contributed by atoms with Gasteiger partial charge in [-0.1, -0.05) is 0 Å². The zero-order valence-corrected chi connectivity index (χ0v) is 6.50. The predicted molar refractivity (Wildman–Crippen MR) is 44.9 cm³/mol. The summed E-state index contributed by atoms with van der Waals surface area (Å²) in [5.41, 5.74) is 6.00. The van der Waals surface area contributed by atoms with Crippen molar-refractivity contribution in [3.8, 4) is 0 Å². The first-order valence-corrected chi connectivity index (χ1v) is 3.83. The van der Waals surface area contributed by atoms with Crippen LogP contribution in [0.2, 0.25) is 0 Å². The van der Waals surface area contributed by atoms with Crippen LogP contribution < -0.4 is 16.6 Å². The second-order valence-electron chi connectivity index (χ2n) is 2.91. The van der Waals surface area contributed by atoms with Gasteiger partial charge in [0.25, 0.3) is 5.56 Å². The number of aromatic nitrogens is 2. The number of nitrogens with one attached hydrogen (secondary N) is 2. The Morgan fingerprint density at radius 2 is 2.33 bits per heavy atom. The minimum absolute atomic E-state index is 0.176. The number of anilines is 1. The Kier molecular flexibility index (Phi) is 1.58. The summed E-state index contributed by atoms with van der Waals surface area (Å²) in [6.07, 6.45) is 0. The summed E-state index contributed by atoms with van der Waals surface area (Å²) >= 11 is 0. The van der Waals surface area contributed by atoms with Gasteiger partial charge >= 0.3 is 0 Å². The van der Waals surface area contributed by atoms with Gasteiger partial charge < -0.3 is 11.1 Å². The average Bonchev–Trinajstić information content (AvgIpc) is 1.79. The lowest BCUT2D eigenvalue weighted by Crippen LogP contribution is -2.40. The van der Waals surface area contributed by atoms with Gasteiger partial charge in [0.05, 0.1) is 5.69 Å². The zero-order valence-electron chi connectivity index (χ0n) is 6.50. The number of rotatable bonds is 1. The number of nitrogens with zero attached hydrogens (tertiary/aromatic N) is 1. The highest BCUT2D eigenvalue weighted by Crippen LogP contribution is 2.15. The van der Waals surface area contributed by atoms with Crippen molar-refractivity contribution in [3.63, 3.8) is 0 Å². The monoisotopic (exact) mass is 166 g/mol. The van der Waals surface area contributed by atoms with Crippen LogP contribution in [0, 0.1) is 0 Å². The minimum atomic E-state index is -0.176. The first kappa shape index (κ1) is 7.30. The van der Waals surface area contributed by atoms with E-state index in [1.165, 1.54) is 6.07 Å². The summed E-state index contributed by atoms with van der Waals surface area (Å²) in [5, 5.41) is 3.11. The number of aromatic amines is 1. The molecule has 1 saturated heterocycles. The molecule has 2 rings (SSSR count). The van der Waals surface area contributed by atoms with E-state index >= 15 is 0 Å². The Morgan fingerprint density at radius 3 is 2.83 bits per heavy atom. The van der Waals surface area contributed by atoms with E-state index in [4.69, 9.17) is 5.73 Å². The first-order valence-electron chi connectivity index (χ1n) is 3.83. The summed E-state index contributed by atoms with van der Waals surface area (Å²) in [6, 6.07) is 1.50. The van der Waals surface area contributed by atoms with E-state index in [0.717, 1.165) is 18.8 Å². The molecule has 2 heterocycles. The smallest absolute Gasteiger partial charge is 0.252 e. The summed E-state index contributed by atoms with van der Waals surface area (Å²) in [7, 11) is 0. The van der Waals surface area contributed by atoms with Crippen molar-refractivity contribution in [3.05, 3.63) is 22.1 Å². The maximum atomic E-state index is 11.0. The lowest BCUT2D eigenvalue weighted by Gasteiger charge is -2.26. The van der Waals surface area contributed by atoms with Gasteiger partial charge in [0, 0.05) is 25.1 Å². The van der Waals surface area contributed by atoms with E-state index in [0.29, 0.717) is 5.92 Å². The molecule has 4 N–H and O–H groups in total. The van der Waals surface area contributed by atoms with Crippen LogP contribution in [0.3, 0.4) is 0 Å². The molecule has 0 unspecified atom stereocenters. The molecule has 1 fully saturated rings. The molecule has 0 atom stereocenters. The largest absolute Gasteiger partial charge is 0.369 e. The normalized spacial score (nSPS) is 17.3. The van der Waals surface area contributed by atoms with Crippen LogP contribution in [0.25, 0.3) is 0 Å². The third kappa shape index (κ3) is 1.18. The fourth-order valence-electron chi connectivity index (χ4n) is 1.20. The molecule has 0 saturated carbocycles. The Labute approximate surface area is 69.0 Å².